The Balaban J connectivity index is 3.12. The van der Waals surface area contributed by atoms with Crippen molar-refractivity contribution in [1.82, 2.24) is 0 Å². The Morgan fingerprint density at radius 3 is 2.69 bits per heavy atom. The maximum Gasteiger partial charge on any atom is 0.124 e. The molecule has 2 heteroatoms. The molecule has 13 heavy (non-hydrogen) atoms. The fraction of sp³-hybridized carbons (Fsp3) is 0.273. The van der Waals surface area contributed by atoms with Crippen LogP contribution >= 0.6 is 0 Å². The normalized spacial score (nSPS) is 9.69. The third-order valence-corrected chi connectivity index (χ3v) is 1.90. The van der Waals surface area contributed by atoms with E-state index in [0.29, 0.717) is 6.61 Å². The quantitative estimate of drug-likeness (QED) is 0.705. The van der Waals surface area contributed by atoms with E-state index < -0.39 is 0 Å². The minimum Gasteiger partial charge on any atom is -0.496 e. The van der Waals surface area contributed by atoms with Gasteiger partial charge in [-0.3, -0.25) is 0 Å². The van der Waals surface area contributed by atoms with Crippen molar-refractivity contribution in [2.24, 2.45) is 0 Å². The molecule has 0 bridgehead atoms. The Hall–Kier alpha value is -1.28. The van der Waals surface area contributed by atoms with Crippen molar-refractivity contribution < 1.29 is 9.47 Å². The Labute approximate surface area is 78.8 Å². The summed E-state index contributed by atoms with van der Waals surface area (Å²) in [5, 5.41) is 0. The largest absolute Gasteiger partial charge is 0.496 e. The molecule has 0 N–H and O–H groups in total. The summed E-state index contributed by atoms with van der Waals surface area (Å²) >= 11 is 0. The van der Waals surface area contributed by atoms with Gasteiger partial charge in [-0.25, -0.2) is 0 Å². The van der Waals surface area contributed by atoms with Crippen LogP contribution in [0.5, 0.6) is 5.75 Å². The van der Waals surface area contributed by atoms with E-state index in [1.807, 2.05) is 18.2 Å². The summed E-state index contributed by atoms with van der Waals surface area (Å²) in [6.45, 7) is 4.29. The van der Waals surface area contributed by atoms with Crippen LogP contribution in [0.4, 0.5) is 0 Å². The molecule has 0 spiro atoms. The first-order valence-corrected chi connectivity index (χ1v) is 4.10. The lowest BCUT2D eigenvalue weighted by Crippen LogP contribution is -1.96. The molecule has 70 valence electrons. The maximum atomic E-state index is 5.21. The van der Waals surface area contributed by atoms with Crippen molar-refractivity contribution in [2.75, 3.05) is 14.2 Å². The summed E-state index contributed by atoms with van der Waals surface area (Å²) in [5.41, 5.74) is 2.10. The molecule has 1 aromatic rings. The highest BCUT2D eigenvalue weighted by atomic mass is 16.5. The number of methoxy groups -OCH3 is 2. The molecule has 0 saturated carbocycles. The van der Waals surface area contributed by atoms with Gasteiger partial charge in [0, 0.05) is 12.7 Å². The van der Waals surface area contributed by atoms with Crippen LogP contribution in [0.25, 0.3) is 6.08 Å². The monoisotopic (exact) mass is 178 g/mol. The average Bonchev–Trinajstić information content (AvgIpc) is 2.18. The maximum absolute atomic E-state index is 5.21. The van der Waals surface area contributed by atoms with Gasteiger partial charge < -0.3 is 9.47 Å². The Kier molecular flexibility index (Phi) is 3.53. The molecule has 0 fully saturated rings. The zero-order valence-electron chi connectivity index (χ0n) is 8.04. The van der Waals surface area contributed by atoms with Crippen LogP contribution in [0, 0.1) is 0 Å². The van der Waals surface area contributed by atoms with E-state index in [4.69, 9.17) is 9.47 Å². The topological polar surface area (TPSA) is 18.5 Å². The second kappa shape index (κ2) is 4.67. The van der Waals surface area contributed by atoms with Gasteiger partial charge in [0.1, 0.15) is 5.75 Å². The third kappa shape index (κ3) is 2.10. The first kappa shape index (κ1) is 9.81. The second-order valence-electron chi connectivity index (χ2n) is 2.67. The van der Waals surface area contributed by atoms with Gasteiger partial charge in [0.15, 0.2) is 0 Å². The molecule has 0 heterocycles. The second-order valence-corrected chi connectivity index (χ2v) is 2.67. The van der Waals surface area contributed by atoms with Crippen molar-refractivity contribution >= 4 is 6.08 Å². The summed E-state index contributed by atoms with van der Waals surface area (Å²) in [4.78, 5) is 0. The highest BCUT2D eigenvalue weighted by Gasteiger charge is 2.05. The van der Waals surface area contributed by atoms with E-state index in [0.717, 1.165) is 16.9 Å². The molecule has 2 nitrogen and oxygen atoms in total. The molecule has 1 aromatic carbocycles. The summed E-state index contributed by atoms with van der Waals surface area (Å²) in [6.07, 6.45) is 1.80. The minimum atomic E-state index is 0.547. The summed E-state index contributed by atoms with van der Waals surface area (Å²) < 4.78 is 10.3. The number of hydrogen-bond acceptors (Lipinski definition) is 2. The minimum absolute atomic E-state index is 0.547. The summed E-state index contributed by atoms with van der Waals surface area (Å²) in [5.74, 6) is 0.847. The zero-order chi connectivity index (χ0) is 9.68. The average molecular weight is 178 g/mol. The molecule has 0 aliphatic heterocycles. The molecular weight excluding hydrogens is 164 g/mol. The van der Waals surface area contributed by atoms with E-state index in [1.54, 1.807) is 20.3 Å². The van der Waals surface area contributed by atoms with Crippen LogP contribution in [0.1, 0.15) is 11.1 Å². The van der Waals surface area contributed by atoms with Crippen LogP contribution in [0.15, 0.2) is 24.8 Å². The van der Waals surface area contributed by atoms with Crippen molar-refractivity contribution in [3.63, 3.8) is 0 Å². The van der Waals surface area contributed by atoms with Gasteiger partial charge in [-0.15, -0.1) is 0 Å². The van der Waals surface area contributed by atoms with Crippen molar-refractivity contribution in [3.8, 4) is 5.75 Å². The molecule has 0 saturated heterocycles. The van der Waals surface area contributed by atoms with Gasteiger partial charge in [-0.05, 0) is 11.6 Å². The highest BCUT2D eigenvalue weighted by Crippen LogP contribution is 2.23. The smallest absolute Gasteiger partial charge is 0.124 e. The van der Waals surface area contributed by atoms with Gasteiger partial charge in [0.05, 0.1) is 13.7 Å². The Bertz CT molecular complexity index is 292. The number of rotatable bonds is 4. The summed E-state index contributed by atoms with van der Waals surface area (Å²) in [7, 11) is 3.32. The van der Waals surface area contributed by atoms with Crippen LogP contribution < -0.4 is 4.74 Å². The summed E-state index contributed by atoms with van der Waals surface area (Å²) in [6, 6.07) is 5.85. The Morgan fingerprint density at radius 1 is 1.38 bits per heavy atom. The van der Waals surface area contributed by atoms with E-state index in [-0.39, 0.29) is 0 Å². The lowest BCUT2D eigenvalue weighted by Gasteiger charge is -2.10. The standard InChI is InChI=1S/C11H14O2/c1-4-9-6-5-7-11(13-3)10(9)8-12-2/h4-7H,1,8H2,2-3H3. The molecule has 0 aliphatic rings. The molecule has 0 aliphatic carbocycles. The fourth-order valence-electron chi connectivity index (χ4n) is 1.26. The Morgan fingerprint density at radius 2 is 2.15 bits per heavy atom. The highest BCUT2D eigenvalue weighted by molar-refractivity contribution is 5.56. The lowest BCUT2D eigenvalue weighted by atomic mass is 10.1. The first-order valence-electron chi connectivity index (χ1n) is 4.10. The van der Waals surface area contributed by atoms with Gasteiger partial charge in [-0.2, -0.15) is 0 Å². The van der Waals surface area contributed by atoms with Crippen LogP contribution in [-0.2, 0) is 11.3 Å². The third-order valence-electron chi connectivity index (χ3n) is 1.90. The molecule has 0 aromatic heterocycles. The van der Waals surface area contributed by atoms with Crippen LogP contribution in [0.3, 0.4) is 0 Å². The molecule has 0 atom stereocenters. The van der Waals surface area contributed by atoms with Crippen LogP contribution in [-0.4, -0.2) is 14.2 Å². The predicted octanol–water partition coefficient (Wildman–Crippen LogP) is 2.48. The van der Waals surface area contributed by atoms with E-state index in [1.165, 1.54) is 0 Å². The molecule has 0 radical (unpaired) electrons. The fourth-order valence-corrected chi connectivity index (χ4v) is 1.26. The van der Waals surface area contributed by atoms with E-state index in [9.17, 15) is 0 Å². The number of benzene rings is 1. The number of ether oxygens (including phenoxy) is 2. The van der Waals surface area contributed by atoms with Crippen molar-refractivity contribution in [3.05, 3.63) is 35.9 Å². The van der Waals surface area contributed by atoms with Gasteiger partial charge in [0.2, 0.25) is 0 Å². The van der Waals surface area contributed by atoms with E-state index >= 15 is 0 Å². The first-order chi connectivity index (χ1) is 6.33. The van der Waals surface area contributed by atoms with Gasteiger partial charge in [-0.1, -0.05) is 24.8 Å². The van der Waals surface area contributed by atoms with Crippen molar-refractivity contribution in [2.45, 2.75) is 6.61 Å². The van der Waals surface area contributed by atoms with Crippen LogP contribution in [0.2, 0.25) is 0 Å². The SMILES string of the molecule is C=Cc1cccc(OC)c1COC. The van der Waals surface area contributed by atoms with Gasteiger partial charge in [0.25, 0.3) is 0 Å². The predicted molar refractivity (Wildman–Crippen MR) is 53.8 cm³/mol. The lowest BCUT2D eigenvalue weighted by molar-refractivity contribution is 0.181. The molecule has 1 rings (SSSR count). The van der Waals surface area contributed by atoms with Gasteiger partial charge >= 0.3 is 0 Å². The zero-order valence-corrected chi connectivity index (χ0v) is 8.04. The van der Waals surface area contributed by atoms with E-state index in [2.05, 4.69) is 6.58 Å². The molecule has 0 amide bonds. The molecular formula is C11H14O2. The number of hydrogen-bond donors (Lipinski definition) is 0. The molecule has 0 unspecified atom stereocenters. The van der Waals surface area contributed by atoms with Crippen molar-refractivity contribution in [1.29, 1.82) is 0 Å².